The quantitative estimate of drug-likeness (QED) is 0.278. The van der Waals surface area contributed by atoms with E-state index in [1.165, 1.54) is 19.1 Å². The Hall–Kier alpha value is -2.81. The molecule has 2 unspecified atom stereocenters. The minimum Gasteiger partial charge on any atom is -0.492 e. The number of hydrogen-bond acceptors (Lipinski definition) is 6. The van der Waals surface area contributed by atoms with E-state index in [0.29, 0.717) is 17.7 Å². The number of alkyl halides is 7. The second-order valence-electron chi connectivity index (χ2n) is 8.01. The first kappa shape index (κ1) is 33.2. The molecule has 1 aromatic rings. The fourth-order valence-electron chi connectivity index (χ4n) is 2.79. The van der Waals surface area contributed by atoms with Crippen LogP contribution in [0.1, 0.15) is 32.8 Å². The summed E-state index contributed by atoms with van der Waals surface area (Å²) in [5.41, 5.74) is 0.630. The Labute approximate surface area is 214 Å². The predicted molar refractivity (Wildman–Crippen MR) is 118 cm³/mol. The number of benzene rings is 1. The van der Waals surface area contributed by atoms with Crippen LogP contribution in [0.3, 0.4) is 0 Å². The Kier molecular flexibility index (Phi) is 12.6. The molecule has 0 radical (unpaired) electrons. The van der Waals surface area contributed by atoms with Gasteiger partial charge in [0.1, 0.15) is 18.5 Å². The molecule has 218 valence electrons. The van der Waals surface area contributed by atoms with Crippen molar-refractivity contribution >= 4 is 12.1 Å². The molecule has 0 spiro atoms. The molecule has 0 saturated heterocycles. The molecule has 1 aromatic carbocycles. The lowest BCUT2D eigenvalue weighted by molar-refractivity contribution is -0.423. The Bertz CT molecular complexity index is 882. The molecule has 0 aromatic heterocycles. The molecule has 38 heavy (non-hydrogen) atoms. The molecule has 1 rings (SSSR count). The summed E-state index contributed by atoms with van der Waals surface area (Å²) in [5.74, 6) is -7.27. The molecule has 1 N–H and O–H groups in total. The van der Waals surface area contributed by atoms with Gasteiger partial charge in [0.25, 0.3) is 0 Å². The van der Waals surface area contributed by atoms with Crippen LogP contribution < -0.4 is 4.74 Å². The second-order valence-corrected chi connectivity index (χ2v) is 8.01. The van der Waals surface area contributed by atoms with Crippen LogP contribution in [-0.4, -0.2) is 85.4 Å². The number of rotatable bonds is 16. The number of hydrogen-bond donors (Lipinski definition) is 1. The first-order valence-electron chi connectivity index (χ1n) is 11.5. The van der Waals surface area contributed by atoms with E-state index < -0.39 is 55.6 Å². The maximum absolute atomic E-state index is 13.4. The Balaban J connectivity index is 2.77. The van der Waals surface area contributed by atoms with Gasteiger partial charge in [-0.2, -0.15) is 30.7 Å². The summed E-state index contributed by atoms with van der Waals surface area (Å²) >= 11 is 0. The highest BCUT2D eigenvalue weighted by molar-refractivity contribution is 5.72. The molecule has 0 bridgehead atoms. The van der Waals surface area contributed by atoms with Crippen LogP contribution in [0.15, 0.2) is 24.3 Å². The Morgan fingerprint density at radius 3 is 2.05 bits per heavy atom. The summed E-state index contributed by atoms with van der Waals surface area (Å²) in [5, 5.41) is 9.16. The van der Waals surface area contributed by atoms with Gasteiger partial charge < -0.3 is 29.0 Å². The largest absolute Gasteiger partial charge is 0.492 e. The summed E-state index contributed by atoms with van der Waals surface area (Å²) < 4.78 is 109. The number of carbonyl (C=O) groups excluding carboxylic acids is 1. The molecule has 0 saturated carbocycles. The van der Waals surface area contributed by atoms with E-state index in [1.807, 2.05) is 0 Å². The van der Waals surface area contributed by atoms with Gasteiger partial charge in [0.2, 0.25) is 0 Å². The number of halogens is 7. The highest BCUT2D eigenvalue weighted by Crippen LogP contribution is 2.46. The highest BCUT2D eigenvalue weighted by Gasteiger charge is 2.74. The van der Waals surface area contributed by atoms with Crippen molar-refractivity contribution in [1.29, 1.82) is 0 Å². The zero-order chi connectivity index (χ0) is 29.1. The summed E-state index contributed by atoms with van der Waals surface area (Å²) in [4.78, 5) is 24.3. The molecule has 0 fully saturated rings. The summed E-state index contributed by atoms with van der Waals surface area (Å²) in [6.07, 6.45) is -14.6. The molecular formula is C23H30F7NO7. The van der Waals surface area contributed by atoms with Crippen LogP contribution in [0.25, 0.3) is 0 Å². The number of carboxylic acid groups (broad SMARTS) is 1. The minimum atomic E-state index is -6.55. The lowest BCUT2D eigenvalue weighted by atomic mass is 10.1. The fraction of sp³-hybridized carbons (Fsp3) is 0.652. The molecule has 15 heteroatoms. The third-order valence-electron chi connectivity index (χ3n) is 5.12. The average Bonchev–Trinajstić information content (AvgIpc) is 2.82. The molecule has 8 nitrogen and oxygen atoms in total. The van der Waals surface area contributed by atoms with Gasteiger partial charge >= 0.3 is 30.3 Å². The van der Waals surface area contributed by atoms with E-state index in [1.54, 1.807) is 26.0 Å². The number of carboxylic acids is 1. The van der Waals surface area contributed by atoms with E-state index in [4.69, 9.17) is 19.3 Å². The third kappa shape index (κ3) is 9.82. The van der Waals surface area contributed by atoms with Gasteiger partial charge in [-0.3, -0.25) is 0 Å². The molecule has 0 aliphatic rings. The number of aliphatic carboxylic acids is 1. The first-order chi connectivity index (χ1) is 17.6. The SMILES string of the molecule is CCOC(Cc1ccc(OCCN(CCOC(F)(F)C(F)(F)C(F)(F)F)C(=O)OC(C)CC)cc1)C(=O)O. The van der Waals surface area contributed by atoms with Crippen molar-refractivity contribution in [3.63, 3.8) is 0 Å². The van der Waals surface area contributed by atoms with Crippen molar-refractivity contribution in [3.05, 3.63) is 29.8 Å². The predicted octanol–water partition coefficient (Wildman–Crippen LogP) is 5.14. The lowest BCUT2D eigenvalue weighted by Crippen LogP contribution is -2.54. The standard InChI is InChI=1S/C23H30F7NO7/c1-4-15(3)38-20(34)31(11-13-37-23(29,30)21(24,25)22(26,27)28)10-12-36-17-8-6-16(7-9-17)14-18(19(32)33)35-5-2/h6-9,15,18H,4-5,10-14H2,1-3H3,(H,32,33). The van der Waals surface area contributed by atoms with Crippen LogP contribution in [0, 0.1) is 0 Å². The van der Waals surface area contributed by atoms with Crippen molar-refractivity contribution in [2.75, 3.05) is 32.9 Å². The van der Waals surface area contributed by atoms with E-state index in [-0.39, 0.29) is 26.2 Å². The molecule has 0 aliphatic carbocycles. The molecule has 0 heterocycles. The van der Waals surface area contributed by atoms with Crippen LogP contribution in [0.4, 0.5) is 35.5 Å². The van der Waals surface area contributed by atoms with Gasteiger partial charge in [-0.25, -0.2) is 9.59 Å². The van der Waals surface area contributed by atoms with E-state index in [2.05, 4.69) is 4.74 Å². The summed E-state index contributed by atoms with van der Waals surface area (Å²) in [6.45, 7) is 2.39. The van der Waals surface area contributed by atoms with Crippen molar-refractivity contribution in [1.82, 2.24) is 4.90 Å². The van der Waals surface area contributed by atoms with E-state index >= 15 is 0 Å². The zero-order valence-electron chi connectivity index (χ0n) is 20.9. The first-order valence-corrected chi connectivity index (χ1v) is 11.5. The van der Waals surface area contributed by atoms with Gasteiger partial charge in [0, 0.05) is 19.6 Å². The van der Waals surface area contributed by atoms with Crippen LogP contribution >= 0.6 is 0 Å². The maximum Gasteiger partial charge on any atom is 0.462 e. The van der Waals surface area contributed by atoms with E-state index in [0.717, 1.165) is 4.90 Å². The van der Waals surface area contributed by atoms with Gasteiger partial charge in [-0.05, 0) is 38.0 Å². The van der Waals surface area contributed by atoms with E-state index in [9.17, 15) is 40.3 Å². The van der Waals surface area contributed by atoms with Crippen molar-refractivity contribution in [2.24, 2.45) is 0 Å². The van der Waals surface area contributed by atoms with Gasteiger partial charge in [-0.1, -0.05) is 19.1 Å². The molecular weight excluding hydrogens is 535 g/mol. The fourth-order valence-corrected chi connectivity index (χ4v) is 2.79. The number of ether oxygens (including phenoxy) is 4. The minimum absolute atomic E-state index is 0.0940. The lowest BCUT2D eigenvalue weighted by Gasteiger charge is -2.29. The van der Waals surface area contributed by atoms with Crippen molar-refractivity contribution in [2.45, 2.75) is 64.0 Å². The monoisotopic (exact) mass is 565 g/mol. The van der Waals surface area contributed by atoms with Gasteiger partial charge in [0.15, 0.2) is 6.10 Å². The topological polar surface area (TPSA) is 94.5 Å². The van der Waals surface area contributed by atoms with Crippen LogP contribution in [-0.2, 0) is 25.4 Å². The number of carbonyl (C=O) groups is 2. The zero-order valence-corrected chi connectivity index (χ0v) is 20.9. The number of amides is 1. The summed E-state index contributed by atoms with van der Waals surface area (Å²) in [6, 6.07) is 6.17. The van der Waals surface area contributed by atoms with Crippen molar-refractivity contribution < 1.29 is 64.4 Å². The smallest absolute Gasteiger partial charge is 0.462 e. The van der Waals surface area contributed by atoms with Crippen LogP contribution in [0.5, 0.6) is 5.75 Å². The molecule has 1 amide bonds. The number of nitrogens with zero attached hydrogens (tertiary/aromatic N) is 1. The van der Waals surface area contributed by atoms with Crippen molar-refractivity contribution in [3.8, 4) is 5.75 Å². The molecule has 2 atom stereocenters. The Morgan fingerprint density at radius 2 is 1.55 bits per heavy atom. The van der Waals surface area contributed by atoms with Gasteiger partial charge in [0.05, 0.1) is 13.2 Å². The van der Waals surface area contributed by atoms with Gasteiger partial charge in [-0.15, -0.1) is 0 Å². The Morgan fingerprint density at radius 1 is 0.974 bits per heavy atom. The second kappa shape index (κ2) is 14.4. The highest BCUT2D eigenvalue weighted by atomic mass is 19.4. The summed E-state index contributed by atoms with van der Waals surface area (Å²) in [7, 11) is 0. The third-order valence-corrected chi connectivity index (χ3v) is 5.12. The normalized spacial score (nSPS) is 14.1. The molecule has 0 aliphatic heterocycles. The maximum atomic E-state index is 13.4. The van der Waals surface area contributed by atoms with Crippen LogP contribution in [0.2, 0.25) is 0 Å². The average molecular weight is 565 g/mol.